The monoisotopic (exact) mass is 299 g/mol. The molecule has 0 aromatic rings. The van der Waals surface area contributed by atoms with Crippen molar-refractivity contribution >= 4 is 27.8 Å². The molecule has 1 unspecified atom stereocenters. The highest BCUT2D eigenvalue weighted by atomic mass is 35.5. The van der Waals surface area contributed by atoms with Crippen LogP contribution < -0.4 is 0 Å². The summed E-state index contributed by atoms with van der Waals surface area (Å²) < 4.78 is 30.0. The highest BCUT2D eigenvalue weighted by Gasteiger charge is 2.42. The molecule has 0 aliphatic carbocycles. The third kappa shape index (κ3) is 2.90. The first kappa shape index (κ1) is 15.1. The zero-order valence-electron chi connectivity index (χ0n) is 9.78. The number of ether oxygens (including phenoxy) is 1. The van der Waals surface area contributed by atoms with E-state index in [1.165, 1.54) is 7.11 Å². The second kappa shape index (κ2) is 6.30. The molecule has 0 aromatic heterocycles. The normalized spacial score (nSPS) is 20.7. The van der Waals surface area contributed by atoms with Gasteiger partial charge in [0.05, 0.1) is 18.9 Å². The summed E-state index contributed by atoms with van der Waals surface area (Å²) in [5.74, 6) is -0.713. The van der Waals surface area contributed by atoms with E-state index >= 15 is 0 Å². The van der Waals surface area contributed by atoms with Gasteiger partial charge in [0, 0.05) is 12.4 Å². The summed E-state index contributed by atoms with van der Waals surface area (Å²) in [5, 5.41) is 2.43. The van der Waals surface area contributed by atoms with Gasteiger partial charge in [-0.3, -0.25) is 4.79 Å². The average Bonchev–Trinajstić information content (AvgIpc) is 2.84. The molecule has 8 nitrogen and oxygen atoms in total. The second-order valence-electron chi connectivity index (χ2n) is 3.62. The molecule has 18 heavy (non-hydrogen) atoms. The minimum atomic E-state index is -4.12. The molecule has 10 heteroatoms. The molecule has 1 rings (SSSR count). The number of nitrogens with zero attached hydrogens (tertiary/aromatic N) is 3. The number of nitroso groups, excluding NO2 is 1. The van der Waals surface area contributed by atoms with E-state index in [0.717, 1.165) is 4.31 Å². The van der Waals surface area contributed by atoms with Gasteiger partial charge in [-0.05, 0) is 12.8 Å². The first-order chi connectivity index (χ1) is 8.48. The SMILES string of the molecule is COC(=O)C1CCCN1S(=O)(=O)N(CCCl)N=O. The molecule has 0 radical (unpaired) electrons. The molecule has 0 spiro atoms. The summed E-state index contributed by atoms with van der Waals surface area (Å²) in [6.07, 6.45) is 0.881. The summed E-state index contributed by atoms with van der Waals surface area (Å²) in [6.45, 7) is -0.0891. The van der Waals surface area contributed by atoms with Crippen LogP contribution in [-0.2, 0) is 19.7 Å². The Morgan fingerprint density at radius 1 is 1.61 bits per heavy atom. The number of esters is 1. The molecule has 0 N–H and O–H groups in total. The van der Waals surface area contributed by atoms with Crippen LogP contribution in [0.4, 0.5) is 0 Å². The Bertz CT molecular complexity index is 415. The number of alkyl halides is 1. The standard InChI is InChI=1S/C8H14ClN3O5S/c1-17-8(13)7-3-2-5-11(7)18(15,16)12(10-14)6-4-9/h7H,2-6H2,1H3. The third-order valence-corrected chi connectivity index (χ3v) is 4.59. The Balaban J connectivity index is 2.96. The molecule has 104 valence electrons. The van der Waals surface area contributed by atoms with Crippen LogP contribution >= 0.6 is 11.6 Å². The molecule has 1 fully saturated rings. The quantitative estimate of drug-likeness (QED) is 0.300. The topological polar surface area (TPSA) is 96.3 Å². The van der Waals surface area contributed by atoms with Gasteiger partial charge in [-0.1, -0.05) is 0 Å². The number of rotatable bonds is 6. The molecule has 0 amide bonds. The highest BCUT2D eigenvalue weighted by Crippen LogP contribution is 2.24. The van der Waals surface area contributed by atoms with Gasteiger partial charge >= 0.3 is 16.2 Å². The fourth-order valence-electron chi connectivity index (χ4n) is 1.78. The smallest absolute Gasteiger partial charge is 0.324 e. The van der Waals surface area contributed by atoms with Crippen molar-refractivity contribution in [1.82, 2.24) is 8.72 Å². The molecule has 0 saturated carbocycles. The first-order valence-electron chi connectivity index (χ1n) is 5.25. The van der Waals surface area contributed by atoms with Gasteiger partial charge in [0.25, 0.3) is 0 Å². The molecular formula is C8H14ClN3O5S. The van der Waals surface area contributed by atoms with Crippen LogP contribution in [0.2, 0.25) is 0 Å². The predicted molar refractivity (Wildman–Crippen MR) is 63.9 cm³/mol. The van der Waals surface area contributed by atoms with Crippen molar-refractivity contribution in [2.24, 2.45) is 5.29 Å². The van der Waals surface area contributed by atoms with Gasteiger partial charge in [0.1, 0.15) is 6.04 Å². The maximum absolute atomic E-state index is 12.1. The van der Waals surface area contributed by atoms with E-state index in [2.05, 4.69) is 10.0 Å². The van der Waals surface area contributed by atoms with Crippen LogP contribution in [0, 0.1) is 4.91 Å². The number of hydrogen-bond acceptors (Lipinski definition) is 6. The average molecular weight is 300 g/mol. The minimum absolute atomic E-state index is 0.0678. The van der Waals surface area contributed by atoms with Crippen LogP contribution in [0.5, 0.6) is 0 Å². The van der Waals surface area contributed by atoms with Crippen LogP contribution in [0.3, 0.4) is 0 Å². The largest absolute Gasteiger partial charge is 0.468 e. The van der Waals surface area contributed by atoms with Crippen molar-refractivity contribution in [2.45, 2.75) is 18.9 Å². The molecule has 1 saturated heterocycles. The summed E-state index contributed by atoms with van der Waals surface area (Å²) in [7, 11) is -2.93. The molecular weight excluding hydrogens is 286 g/mol. The zero-order valence-corrected chi connectivity index (χ0v) is 11.4. The summed E-state index contributed by atoms with van der Waals surface area (Å²) >= 11 is 5.40. The Kier molecular flexibility index (Phi) is 5.29. The molecule has 1 atom stereocenters. The van der Waals surface area contributed by atoms with Crippen LogP contribution in [-0.4, -0.2) is 55.2 Å². The van der Waals surface area contributed by atoms with Gasteiger partial charge in [-0.2, -0.15) is 12.7 Å². The second-order valence-corrected chi connectivity index (χ2v) is 5.78. The zero-order chi connectivity index (χ0) is 13.8. The first-order valence-corrected chi connectivity index (χ1v) is 7.18. The van der Waals surface area contributed by atoms with E-state index in [1.807, 2.05) is 0 Å². The lowest BCUT2D eigenvalue weighted by Crippen LogP contribution is -2.47. The van der Waals surface area contributed by atoms with Crippen LogP contribution in [0.1, 0.15) is 12.8 Å². The maximum Gasteiger partial charge on any atom is 0.324 e. The van der Waals surface area contributed by atoms with Crippen molar-refractivity contribution < 1.29 is 17.9 Å². The Morgan fingerprint density at radius 2 is 2.28 bits per heavy atom. The van der Waals surface area contributed by atoms with Gasteiger partial charge in [-0.15, -0.1) is 20.9 Å². The van der Waals surface area contributed by atoms with Crippen molar-refractivity contribution in [1.29, 1.82) is 0 Å². The van der Waals surface area contributed by atoms with E-state index in [0.29, 0.717) is 17.3 Å². The Morgan fingerprint density at radius 3 is 2.78 bits per heavy atom. The number of hydrogen-bond donors (Lipinski definition) is 0. The number of carbonyl (C=O) groups excluding carboxylic acids is 1. The number of methoxy groups -OCH3 is 1. The molecule has 1 aliphatic rings. The van der Waals surface area contributed by atoms with E-state index in [4.69, 9.17) is 11.6 Å². The van der Waals surface area contributed by atoms with E-state index < -0.39 is 22.2 Å². The van der Waals surface area contributed by atoms with Crippen molar-refractivity contribution in [3.63, 3.8) is 0 Å². The lowest BCUT2D eigenvalue weighted by Gasteiger charge is -2.25. The van der Waals surface area contributed by atoms with E-state index in [9.17, 15) is 18.1 Å². The predicted octanol–water partition coefficient (Wildman–Crippen LogP) is 0.0908. The highest BCUT2D eigenvalue weighted by molar-refractivity contribution is 7.86. The lowest BCUT2D eigenvalue weighted by molar-refractivity contribution is -0.144. The van der Waals surface area contributed by atoms with Crippen molar-refractivity contribution in [2.75, 3.05) is 26.1 Å². The van der Waals surface area contributed by atoms with Gasteiger partial charge in [0.15, 0.2) is 0 Å². The fraction of sp³-hybridized carbons (Fsp3) is 0.875. The van der Waals surface area contributed by atoms with Crippen LogP contribution in [0.15, 0.2) is 5.29 Å². The fourth-order valence-corrected chi connectivity index (χ4v) is 3.56. The summed E-state index contributed by atoms with van der Waals surface area (Å²) in [4.78, 5) is 22.0. The Labute approximate surface area is 110 Å². The molecule has 0 aromatic carbocycles. The molecule has 0 bridgehead atoms. The number of carbonyl (C=O) groups is 1. The van der Waals surface area contributed by atoms with Gasteiger partial charge in [-0.25, -0.2) is 0 Å². The van der Waals surface area contributed by atoms with Gasteiger partial charge < -0.3 is 4.74 Å². The van der Waals surface area contributed by atoms with Crippen LogP contribution in [0.25, 0.3) is 0 Å². The summed E-state index contributed by atoms with van der Waals surface area (Å²) in [5.41, 5.74) is 0. The van der Waals surface area contributed by atoms with Crippen molar-refractivity contribution in [3.8, 4) is 0 Å². The maximum atomic E-state index is 12.1. The Hall–Kier alpha value is -0.930. The molecule has 1 aliphatic heterocycles. The summed E-state index contributed by atoms with van der Waals surface area (Å²) in [6, 6.07) is -0.903. The number of halogens is 1. The van der Waals surface area contributed by atoms with E-state index in [-0.39, 0.29) is 19.0 Å². The minimum Gasteiger partial charge on any atom is -0.468 e. The third-order valence-electron chi connectivity index (χ3n) is 2.61. The van der Waals surface area contributed by atoms with Crippen molar-refractivity contribution in [3.05, 3.63) is 4.91 Å². The van der Waals surface area contributed by atoms with E-state index in [1.54, 1.807) is 0 Å². The van der Waals surface area contributed by atoms with Gasteiger partial charge in [0.2, 0.25) is 0 Å². The lowest BCUT2D eigenvalue weighted by atomic mass is 10.2. The molecule has 1 heterocycles.